The van der Waals surface area contributed by atoms with Crippen LogP contribution in [0.15, 0.2) is 285 Å². The van der Waals surface area contributed by atoms with Crippen LogP contribution in [0.5, 0.6) is 0 Å². The number of hydrogen-bond acceptors (Lipinski definition) is 3. The number of nitrogens with zero attached hydrogens (tertiary/aromatic N) is 5. The van der Waals surface area contributed by atoms with Crippen LogP contribution in [-0.4, -0.2) is 23.9 Å². The number of hydrogen-bond donors (Lipinski definition) is 0. The summed E-state index contributed by atoms with van der Waals surface area (Å²) in [5.41, 5.74) is 13.6. The van der Waals surface area contributed by atoms with E-state index in [4.69, 9.17) is 0 Å². The van der Waals surface area contributed by atoms with Crippen molar-refractivity contribution in [2.24, 2.45) is 0 Å². The second-order valence-electron chi connectivity index (χ2n) is 21.0. The number of fused-ring (bicyclic) bond motifs is 6. The van der Waals surface area contributed by atoms with Gasteiger partial charge >= 0.3 is 0 Å². The Balaban J connectivity index is 0.000000159. The maximum absolute atomic E-state index is 15.4. The third-order valence-electron chi connectivity index (χ3n) is 15.2. The molecule has 0 saturated carbocycles. The van der Waals surface area contributed by atoms with Crippen molar-refractivity contribution in [1.82, 2.24) is 23.9 Å². The lowest BCUT2D eigenvalue weighted by Crippen LogP contribution is -2.25. The van der Waals surface area contributed by atoms with Crippen molar-refractivity contribution in [3.05, 3.63) is 291 Å². The molecule has 0 atom stereocenters. The van der Waals surface area contributed by atoms with Gasteiger partial charge in [-0.25, -0.2) is 0 Å². The first-order valence-electron chi connectivity index (χ1n) is 26.8. The molecule has 3 heterocycles. The molecule has 0 aliphatic rings. The number of para-hydroxylation sites is 5. The molecule has 0 amide bonds. The maximum atomic E-state index is 15.4. The third kappa shape index (κ3) is 8.96. The summed E-state index contributed by atoms with van der Waals surface area (Å²) < 4.78 is 22.2. The number of rotatable bonds is 9. The molecule has 0 unspecified atom stereocenters. The molecule has 0 bridgehead atoms. The molecule has 0 radical (unpaired) electrons. The zero-order chi connectivity index (χ0) is 53.5. The smallest absolute Gasteiger partial charge is 0.171 e. The lowest BCUT2D eigenvalue weighted by atomic mass is 9.86. The Morgan fingerprint density at radius 1 is 0.291 bits per heavy atom. The Morgan fingerprint density at radius 2 is 0.595 bits per heavy atom. The third-order valence-corrected chi connectivity index (χ3v) is 18.2. The first-order chi connectivity index (χ1) is 38.7. The van der Waals surface area contributed by atoms with Gasteiger partial charge < -0.3 is 13.7 Å². The van der Waals surface area contributed by atoms with Crippen molar-refractivity contribution in [2.45, 2.75) is 26.2 Å². The summed E-state index contributed by atoms with van der Waals surface area (Å²) in [7, 11) is -3.18. The minimum Gasteiger partial charge on any atom is -0.309 e. The topological polar surface area (TPSA) is 57.6 Å². The van der Waals surface area contributed by atoms with Crippen LogP contribution in [0.25, 0.3) is 94.6 Å². The average molecular weight is 1040 g/mol. The molecule has 7 heteroatoms. The highest BCUT2D eigenvalue weighted by molar-refractivity contribution is 7.85. The van der Waals surface area contributed by atoms with Crippen LogP contribution in [0.3, 0.4) is 0 Å². The van der Waals surface area contributed by atoms with E-state index in [0.29, 0.717) is 0 Å². The van der Waals surface area contributed by atoms with E-state index in [-0.39, 0.29) is 5.41 Å². The van der Waals surface area contributed by atoms with Crippen LogP contribution < -0.4 is 15.9 Å². The van der Waals surface area contributed by atoms with Crippen LogP contribution in [0.1, 0.15) is 26.3 Å². The van der Waals surface area contributed by atoms with Gasteiger partial charge in [0.1, 0.15) is 0 Å². The zero-order valence-corrected chi connectivity index (χ0v) is 45.1. The average Bonchev–Trinajstić information content (AvgIpc) is 4.44. The highest BCUT2D eigenvalue weighted by Crippen LogP contribution is 2.44. The van der Waals surface area contributed by atoms with Gasteiger partial charge in [0.25, 0.3) is 0 Å². The normalized spacial score (nSPS) is 11.8. The minimum absolute atomic E-state index is 0.108. The molecule has 3 aromatic heterocycles. The summed E-state index contributed by atoms with van der Waals surface area (Å²) in [5.74, 6) is 1.67. The number of aromatic nitrogens is 5. The van der Waals surface area contributed by atoms with Crippen LogP contribution in [0.4, 0.5) is 0 Å². The van der Waals surface area contributed by atoms with Crippen molar-refractivity contribution in [3.63, 3.8) is 0 Å². The van der Waals surface area contributed by atoms with E-state index in [1.165, 1.54) is 38.2 Å². The second kappa shape index (κ2) is 20.4. The van der Waals surface area contributed by atoms with E-state index in [0.717, 1.165) is 77.8 Å². The van der Waals surface area contributed by atoms with Crippen molar-refractivity contribution in [1.29, 1.82) is 0 Å². The quantitative estimate of drug-likeness (QED) is 0.135. The summed E-state index contributed by atoms with van der Waals surface area (Å²) in [6.45, 7) is 6.68. The summed E-state index contributed by atoms with van der Waals surface area (Å²) in [6, 6.07) is 98.5. The summed E-state index contributed by atoms with van der Waals surface area (Å²) >= 11 is 0. The molecule has 0 saturated heterocycles. The van der Waals surface area contributed by atoms with Crippen LogP contribution in [-0.2, 0) is 9.98 Å². The fraction of sp³-hybridized carbons (Fsp3) is 0.0556. The van der Waals surface area contributed by atoms with Crippen molar-refractivity contribution >= 4 is 66.7 Å². The van der Waals surface area contributed by atoms with Gasteiger partial charge in [-0.3, -0.25) is 4.57 Å². The molecule has 0 aliphatic heterocycles. The molecule has 79 heavy (non-hydrogen) atoms. The Hall–Kier alpha value is -9.61. The van der Waals surface area contributed by atoms with Gasteiger partial charge in [0, 0.05) is 65.6 Å². The van der Waals surface area contributed by atoms with Crippen LogP contribution >= 0.6 is 7.14 Å². The molecule has 0 fully saturated rings. The molecule has 11 aromatic carbocycles. The van der Waals surface area contributed by atoms with E-state index < -0.39 is 7.14 Å². The fourth-order valence-corrected chi connectivity index (χ4v) is 13.8. The number of benzene rings is 11. The van der Waals surface area contributed by atoms with Crippen molar-refractivity contribution < 1.29 is 4.57 Å². The second-order valence-corrected chi connectivity index (χ2v) is 23.8. The molecule has 0 aliphatic carbocycles. The summed E-state index contributed by atoms with van der Waals surface area (Å²) in [5, 5.41) is 16.6. The van der Waals surface area contributed by atoms with E-state index in [1.54, 1.807) is 0 Å². The van der Waals surface area contributed by atoms with E-state index in [9.17, 15) is 0 Å². The van der Waals surface area contributed by atoms with Crippen molar-refractivity contribution in [3.8, 4) is 51.0 Å². The molecule has 0 spiro atoms. The predicted molar refractivity (Wildman–Crippen MR) is 331 cm³/mol. The fourth-order valence-electron chi connectivity index (χ4n) is 11.2. The van der Waals surface area contributed by atoms with Crippen LogP contribution in [0, 0.1) is 0 Å². The van der Waals surface area contributed by atoms with E-state index in [1.807, 2.05) is 78.9 Å². The van der Waals surface area contributed by atoms with E-state index in [2.05, 4.69) is 251 Å². The first-order valence-corrected chi connectivity index (χ1v) is 28.5. The lowest BCUT2D eigenvalue weighted by molar-refractivity contribution is 0.590. The molecule has 0 N–H and O–H groups in total. The molecule has 14 aromatic rings. The van der Waals surface area contributed by atoms with Crippen molar-refractivity contribution in [2.75, 3.05) is 0 Å². The molecular formula is C72H56N5OP. The van der Waals surface area contributed by atoms with Gasteiger partial charge in [-0.1, -0.05) is 221 Å². The molecule has 14 rings (SSSR count). The highest BCUT2D eigenvalue weighted by Gasteiger charge is 2.30. The minimum atomic E-state index is -3.18. The standard InChI is InChI=1S/C42H29N2OP.C30H27N3/c45-46(32-12-2-1-3-13-32,33-26-22-30(23-27-33)43-39-18-8-4-14-35(39)36-15-5-9-19-40(36)43)34-28-24-31(25-29-34)44-41-20-10-6-16-37(41)38-17-7-11-21-42(38)44;1-30(2,3)26-20-18-25(19-21-26)29-32-31-28(33(29)27-12-8-5-9-13-27)24-16-14-23(15-17-24)22-10-6-4-7-11-22/h1-29H;4-21H,1-3H3. The Kier molecular flexibility index (Phi) is 12.7. The highest BCUT2D eigenvalue weighted by atomic mass is 31.2. The van der Waals surface area contributed by atoms with Crippen LogP contribution in [0.2, 0.25) is 0 Å². The van der Waals surface area contributed by atoms with Gasteiger partial charge in [-0.15, -0.1) is 10.2 Å². The predicted octanol–water partition coefficient (Wildman–Crippen LogP) is 17.1. The van der Waals surface area contributed by atoms with Gasteiger partial charge in [0.2, 0.25) is 0 Å². The summed E-state index contributed by atoms with van der Waals surface area (Å²) in [4.78, 5) is 0. The molecule has 6 nitrogen and oxygen atoms in total. The van der Waals surface area contributed by atoms with Gasteiger partial charge in [-0.2, -0.15) is 0 Å². The Labute approximate surface area is 460 Å². The van der Waals surface area contributed by atoms with E-state index >= 15 is 4.57 Å². The van der Waals surface area contributed by atoms with Gasteiger partial charge in [0.15, 0.2) is 18.8 Å². The van der Waals surface area contributed by atoms with Gasteiger partial charge in [-0.05, 0) is 107 Å². The Bertz CT molecular complexity index is 4230. The zero-order valence-electron chi connectivity index (χ0n) is 44.2. The first kappa shape index (κ1) is 49.0. The van der Waals surface area contributed by atoms with Gasteiger partial charge in [0.05, 0.1) is 22.1 Å². The summed E-state index contributed by atoms with van der Waals surface area (Å²) in [6.07, 6.45) is 0. The lowest BCUT2D eigenvalue weighted by Gasteiger charge is -2.21. The Morgan fingerprint density at radius 3 is 1.00 bits per heavy atom. The monoisotopic (exact) mass is 1040 g/mol. The molecular weight excluding hydrogens is 982 g/mol. The largest absolute Gasteiger partial charge is 0.309 e. The SMILES string of the molecule is CC(C)(C)c1ccc(-c2nnc(-c3ccc(-c4ccccc4)cc3)n2-c2ccccc2)cc1.O=P(c1ccccc1)(c1ccc(-n2c3ccccc3c3ccccc32)cc1)c1ccc(-n2c3ccccc3c3ccccc32)cc1. The molecule has 380 valence electrons. The maximum Gasteiger partial charge on any atom is 0.171 e.